The highest BCUT2D eigenvalue weighted by Crippen LogP contribution is 2.36. The summed E-state index contributed by atoms with van der Waals surface area (Å²) in [5.74, 6) is 1.78. The molecule has 2 rings (SSSR count). The highest BCUT2D eigenvalue weighted by Gasteiger charge is 2.34. The minimum absolute atomic E-state index is 0.139. The van der Waals surface area contributed by atoms with Gasteiger partial charge in [0.05, 0.1) is 0 Å². The van der Waals surface area contributed by atoms with E-state index in [9.17, 15) is 4.79 Å². The van der Waals surface area contributed by atoms with E-state index < -0.39 is 5.54 Å². The fourth-order valence-corrected chi connectivity index (χ4v) is 4.89. The van der Waals surface area contributed by atoms with E-state index in [4.69, 9.17) is 15.8 Å². The Hall–Kier alpha value is -1.10. The lowest BCUT2D eigenvalue weighted by Crippen LogP contribution is -2.41. The molecule has 0 aromatic carbocycles. The number of guanidine groups is 1. The quantitative estimate of drug-likeness (QED) is 0.343. The van der Waals surface area contributed by atoms with Gasteiger partial charge in [-0.05, 0) is 37.5 Å². The topological polar surface area (TPSA) is 78.9 Å². The SMILES string of the molecule is CN(CCCO)C(N)=NC(C=O)(CCC1CCCCC1)CC1CCCCC1. The van der Waals surface area contributed by atoms with Gasteiger partial charge < -0.3 is 20.5 Å². The molecular formula is C22H41N3O2. The van der Waals surface area contributed by atoms with E-state index in [1.54, 1.807) is 0 Å². The number of nitrogens with two attached hydrogens (primary N) is 1. The van der Waals surface area contributed by atoms with E-state index in [2.05, 4.69) is 0 Å². The summed E-state index contributed by atoms with van der Waals surface area (Å²) < 4.78 is 0. The predicted octanol–water partition coefficient (Wildman–Crippen LogP) is 3.88. The summed E-state index contributed by atoms with van der Waals surface area (Å²) in [6.45, 7) is 0.799. The van der Waals surface area contributed by atoms with Crippen molar-refractivity contribution >= 4 is 12.2 Å². The third-order valence-electron chi connectivity index (χ3n) is 6.68. The molecule has 0 aromatic rings. The molecule has 2 aliphatic carbocycles. The van der Waals surface area contributed by atoms with Crippen LogP contribution in [0, 0.1) is 11.8 Å². The summed E-state index contributed by atoms with van der Waals surface area (Å²) in [6, 6.07) is 0. The number of carbonyl (C=O) groups excluding carboxylic acids is 1. The summed E-state index contributed by atoms with van der Waals surface area (Å²) in [7, 11) is 1.89. The van der Waals surface area contributed by atoms with Crippen LogP contribution in [0.3, 0.4) is 0 Å². The van der Waals surface area contributed by atoms with E-state index in [0.717, 1.165) is 31.5 Å². The van der Waals surface area contributed by atoms with Crippen molar-refractivity contribution in [1.82, 2.24) is 4.90 Å². The van der Waals surface area contributed by atoms with Crippen LogP contribution in [0.5, 0.6) is 0 Å². The summed E-state index contributed by atoms with van der Waals surface area (Å²) in [5, 5.41) is 9.06. The predicted molar refractivity (Wildman–Crippen MR) is 112 cm³/mol. The molecule has 5 nitrogen and oxygen atoms in total. The van der Waals surface area contributed by atoms with Crippen LogP contribution in [-0.4, -0.2) is 48.0 Å². The van der Waals surface area contributed by atoms with E-state index in [1.165, 1.54) is 64.2 Å². The summed E-state index contributed by atoms with van der Waals surface area (Å²) in [4.78, 5) is 19.0. The third-order valence-corrected chi connectivity index (χ3v) is 6.68. The molecule has 0 spiro atoms. The standard InChI is InChI=1S/C22H41N3O2/c1-25(15-8-16-26)21(23)24-22(18-27,17-20-11-6-3-7-12-20)14-13-19-9-4-2-5-10-19/h18-20,26H,2-17H2,1H3,(H2,23,24). The number of aliphatic hydroxyl groups is 1. The molecule has 0 aromatic heterocycles. The normalized spacial score (nSPS) is 22.4. The van der Waals surface area contributed by atoms with Gasteiger partial charge in [-0.25, -0.2) is 4.99 Å². The molecule has 0 bridgehead atoms. The van der Waals surface area contributed by atoms with Crippen LogP contribution < -0.4 is 5.73 Å². The van der Waals surface area contributed by atoms with Crippen LogP contribution in [0.15, 0.2) is 4.99 Å². The molecule has 5 heteroatoms. The number of nitrogens with zero attached hydrogens (tertiary/aromatic N) is 2. The number of carbonyl (C=O) groups is 1. The lowest BCUT2D eigenvalue weighted by Gasteiger charge is -2.33. The zero-order valence-corrected chi connectivity index (χ0v) is 17.4. The molecular weight excluding hydrogens is 338 g/mol. The minimum Gasteiger partial charge on any atom is -0.396 e. The average molecular weight is 380 g/mol. The zero-order chi connectivity index (χ0) is 19.5. The molecule has 156 valence electrons. The number of rotatable bonds is 10. The van der Waals surface area contributed by atoms with Crippen molar-refractivity contribution in [2.24, 2.45) is 22.6 Å². The van der Waals surface area contributed by atoms with E-state index in [1.807, 2.05) is 11.9 Å². The van der Waals surface area contributed by atoms with Gasteiger partial charge in [-0.1, -0.05) is 64.2 Å². The Balaban J connectivity index is 2.09. The van der Waals surface area contributed by atoms with Crippen LogP contribution in [0.2, 0.25) is 0 Å². The molecule has 1 atom stereocenters. The van der Waals surface area contributed by atoms with Crippen LogP contribution in [-0.2, 0) is 4.79 Å². The van der Waals surface area contributed by atoms with Crippen molar-refractivity contribution in [3.8, 4) is 0 Å². The number of aliphatic hydroxyl groups excluding tert-OH is 1. The van der Waals surface area contributed by atoms with E-state index >= 15 is 0 Å². The molecule has 0 amide bonds. The largest absolute Gasteiger partial charge is 0.396 e. The van der Waals surface area contributed by atoms with E-state index in [-0.39, 0.29) is 6.61 Å². The summed E-state index contributed by atoms with van der Waals surface area (Å²) in [6.07, 6.45) is 17.4. The van der Waals surface area contributed by atoms with Crippen molar-refractivity contribution < 1.29 is 9.90 Å². The first kappa shape index (κ1) is 22.2. The Labute approximate surface area is 165 Å². The van der Waals surface area contributed by atoms with Crippen molar-refractivity contribution in [1.29, 1.82) is 0 Å². The van der Waals surface area contributed by atoms with E-state index in [0.29, 0.717) is 24.8 Å². The molecule has 1 unspecified atom stereocenters. The zero-order valence-electron chi connectivity index (χ0n) is 17.4. The maximum absolute atomic E-state index is 12.3. The highest BCUT2D eigenvalue weighted by molar-refractivity contribution is 5.81. The monoisotopic (exact) mass is 379 g/mol. The van der Waals surface area contributed by atoms with Crippen molar-refractivity contribution in [2.75, 3.05) is 20.2 Å². The van der Waals surface area contributed by atoms with Gasteiger partial charge in [0.2, 0.25) is 0 Å². The Kier molecular flexibility index (Phi) is 9.60. The summed E-state index contributed by atoms with van der Waals surface area (Å²) in [5.41, 5.74) is 5.60. The summed E-state index contributed by atoms with van der Waals surface area (Å²) >= 11 is 0. The minimum atomic E-state index is -0.670. The Morgan fingerprint density at radius 1 is 1.11 bits per heavy atom. The van der Waals surface area contributed by atoms with Gasteiger partial charge in [0.15, 0.2) is 5.96 Å². The lowest BCUT2D eigenvalue weighted by atomic mass is 9.76. The van der Waals surface area contributed by atoms with Crippen molar-refractivity contribution in [3.63, 3.8) is 0 Å². The number of hydrogen-bond acceptors (Lipinski definition) is 3. The molecule has 0 heterocycles. The van der Waals surface area contributed by atoms with Crippen molar-refractivity contribution in [2.45, 2.75) is 95.4 Å². The van der Waals surface area contributed by atoms with Gasteiger partial charge in [-0.3, -0.25) is 0 Å². The Morgan fingerprint density at radius 2 is 1.70 bits per heavy atom. The fourth-order valence-electron chi connectivity index (χ4n) is 4.89. The fraction of sp³-hybridized carbons (Fsp3) is 0.909. The molecule has 2 aliphatic rings. The van der Waals surface area contributed by atoms with Crippen molar-refractivity contribution in [3.05, 3.63) is 0 Å². The first-order chi connectivity index (χ1) is 13.1. The number of hydrogen-bond donors (Lipinski definition) is 2. The molecule has 27 heavy (non-hydrogen) atoms. The first-order valence-electron chi connectivity index (χ1n) is 11.2. The second kappa shape index (κ2) is 11.7. The first-order valence-corrected chi connectivity index (χ1v) is 11.2. The van der Waals surface area contributed by atoms with Crippen LogP contribution in [0.1, 0.15) is 89.9 Å². The molecule has 0 radical (unpaired) electrons. The molecule has 2 saturated carbocycles. The van der Waals surface area contributed by atoms with Gasteiger partial charge >= 0.3 is 0 Å². The second-order valence-corrected chi connectivity index (χ2v) is 8.94. The Bertz CT molecular complexity index is 456. The molecule has 0 aliphatic heterocycles. The number of aldehydes is 1. The maximum Gasteiger partial charge on any atom is 0.191 e. The van der Waals surface area contributed by atoms with Gasteiger partial charge in [0, 0.05) is 20.2 Å². The van der Waals surface area contributed by atoms with Crippen LogP contribution in [0.25, 0.3) is 0 Å². The van der Waals surface area contributed by atoms with Crippen LogP contribution >= 0.6 is 0 Å². The van der Waals surface area contributed by atoms with Gasteiger partial charge in [0.1, 0.15) is 11.8 Å². The number of aliphatic imine (C=N–C) groups is 1. The highest BCUT2D eigenvalue weighted by atomic mass is 16.3. The Morgan fingerprint density at radius 3 is 2.26 bits per heavy atom. The molecule has 3 N–H and O–H groups in total. The van der Waals surface area contributed by atoms with Gasteiger partial charge in [-0.2, -0.15) is 0 Å². The smallest absolute Gasteiger partial charge is 0.191 e. The molecule has 0 saturated heterocycles. The molecule has 2 fully saturated rings. The second-order valence-electron chi connectivity index (χ2n) is 8.94. The van der Waals surface area contributed by atoms with Gasteiger partial charge in [-0.15, -0.1) is 0 Å². The van der Waals surface area contributed by atoms with Gasteiger partial charge in [0.25, 0.3) is 0 Å². The lowest BCUT2D eigenvalue weighted by molar-refractivity contribution is -0.113. The third kappa shape index (κ3) is 7.44. The maximum atomic E-state index is 12.3. The van der Waals surface area contributed by atoms with Crippen LogP contribution in [0.4, 0.5) is 0 Å². The average Bonchev–Trinajstić information content (AvgIpc) is 2.71.